The molecule has 0 saturated carbocycles. The van der Waals surface area contributed by atoms with Crippen molar-refractivity contribution in [3.8, 4) is 0 Å². The third-order valence-corrected chi connectivity index (χ3v) is 3.46. The van der Waals surface area contributed by atoms with E-state index in [1.54, 1.807) is 0 Å². The lowest BCUT2D eigenvalue weighted by molar-refractivity contribution is -0.135. The average molecular weight is 259 g/mol. The molecule has 19 heavy (non-hydrogen) atoms. The van der Waals surface area contributed by atoms with E-state index in [0.29, 0.717) is 32.8 Å². The van der Waals surface area contributed by atoms with Gasteiger partial charge in [-0.05, 0) is 24.3 Å². The maximum absolute atomic E-state index is 12.2. The van der Waals surface area contributed by atoms with E-state index >= 15 is 0 Å². The van der Waals surface area contributed by atoms with E-state index < -0.39 is 0 Å². The summed E-state index contributed by atoms with van der Waals surface area (Å²) < 4.78 is 7.22. The number of fused-ring (bicyclic) bond motifs is 1. The van der Waals surface area contributed by atoms with E-state index in [-0.39, 0.29) is 5.91 Å². The van der Waals surface area contributed by atoms with Crippen LogP contribution in [0.15, 0.2) is 30.5 Å². The second kappa shape index (κ2) is 4.93. The van der Waals surface area contributed by atoms with Gasteiger partial charge < -0.3 is 19.9 Å². The van der Waals surface area contributed by atoms with Gasteiger partial charge in [0.05, 0.1) is 13.2 Å². The highest BCUT2D eigenvalue weighted by molar-refractivity contribution is 5.85. The largest absolute Gasteiger partial charge is 0.399 e. The lowest BCUT2D eigenvalue weighted by atomic mass is 10.2. The number of carbonyl (C=O) groups excluding carboxylic acids is 1. The number of morpholine rings is 1. The molecule has 100 valence electrons. The van der Waals surface area contributed by atoms with Crippen molar-refractivity contribution in [2.75, 3.05) is 32.0 Å². The van der Waals surface area contributed by atoms with Gasteiger partial charge in [-0.25, -0.2) is 0 Å². The molecule has 1 saturated heterocycles. The molecule has 3 rings (SSSR count). The topological polar surface area (TPSA) is 60.5 Å². The van der Waals surface area contributed by atoms with Gasteiger partial charge in [-0.15, -0.1) is 0 Å². The minimum absolute atomic E-state index is 0.137. The first-order valence-electron chi connectivity index (χ1n) is 6.44. The first kappa shape index (κ1) is 12.0. The van der Waals surface area contributed by atoms with Crippen molar-refractivity contribution in [3.63, 3.8) is 0 Å². The fourth-order valence-electron chi connectivity index (χ4n) is 2.41. The molecular formula is C14H17N3O2. The Morgan fingerprint density at radius 1 is 1.26 bits per heavy atom. The van der Waals surface area contributed by atoms with Gasteiger partial charge in [0.15, 0.2) is 0 Å². The van der Waals surface area contributed by atoms with Gasteiger partial charge in [-0.3, -0.25) is 4.79 Å². The van der Waals surface area contributed by atoms with Crippen LogP contribution in [0.2, 0.25) is 0 Å². The Kier molecular flexibility index (Phi) is 3.13. The summed E-state index contributed by atoms with van der Waals surface area (Å²) >= 11 is 0. The summed E-state index contributed by atoms with van der Waals surface area (Å²) in [5.41, 5.74) is 7.53. The maximum Gasteiger partial charge on any atom is 0.242 e. The Morgan fingerprint density at radius 3 is 2.84 bits per heavy atom. The molecule has 1 aromatic carbocycles. The molecule has 1 amide bonds. The van der Waals surface area contributed by atoms with Crippen LogP contribution in [-0.2, 0) is 16.1 Å². The summed E-state index contributed by atoms with van der Waals surface area (Å²) in [6, 6.07) is 7.72. The van der Waals surface area contributed by atoms with Crippen LogP contribution in [0, 0.1) is 0 Å². The zero-order valence-corrected chi connectivity index (χ0v) is 10.7. The van der Waals surface area contributed by atoms with Crippen LogP contribution in [0.3, 0.4) is 0 Å². The van der Waals surface area contributed by atoms with Crippen LogP contribution in [0.1, 0.15) is 0 Å². The Hall–Kier alpha value is -2.01. The van der Waals surface area contributed by atoms with Crippen molar-refractivity contribution < 1.29 is 9.53 Å². The average Bonchev–Trinajstić information content (AvgIpc) is 2.82. The zero-order valence-electron chi connectivity index (χ0n) is 10.7. The number of nitrogen functional groups attached to an aromatic ring is 1. The van der Waals surface area contributed by atoms with Crippen LogP contribution in [0.4, 0.5) is 5.69 Å². The standard InChI is InChI=1S/C14H17N3O2/c15-12-1-2-13-11(9-12)3-4-17(13)10-14(18)16-5-7-19-8-6-16/h1-4,9H,5-8,10,15H2. The van der Waals surface area contributed by atoms with E-state index in [2.05, 4.69) is 0 Å². The van der Waals surface area contributed by atoms with Crippen molar-refractivity contribution in [1.29, 1.82) is 0 Å². The van der Waals surface area contributed by atoms with Crippen molar-refractivity contribution >= 4 is 22.5 Å². The van der Waals surface area contributed by atoms with Crippen molar-refractivity contribution in [2.45, 2.75) is 6.54 Å². The molecular weight excluding hydrogens is 242 g/mol. The summed E-state index contributed by atoms with van der Waals surface area (Å²) in [5, 5.41) is 1.06. The van der Waals surface area contributed by atoms with Crippen LogP contribution < -0.4 is 5.73 Å². The molecule has 0 aliphatic carbocycles. The molecule has 1 aromatic heterocycles. The monoisotopic (exact) mass is 259 g/mol. The molecule has 2 heterocycles. The Labute approximate surface area is 111 Å². The van der Waals surface area contributed by atoms with E-state index in [1.807, 2.05) is 39.9 Å². The number of nitrogens with zero attached hydrogens (tertiary/aromatic N) is 2. The van der Waals surface area contributed by atoms with Crippen molar-refractivity contribution in [2.24, 2.45) is 0 Å². The first-order valence-corrected chi connectivity index (χ1v) is 6.44. The van der Waals surface area contributed by atoms with Gasteiger partial charge in [0.25, 0.3) is 0 Å². The molecule has 1 aliphatic heterocycles. The lowest BCUT2D eigenvalue weighted by Crippen LogP contribution is -2.42. The zero-order chi connectivity index (χ0) is 13.2. The second-order valence-electron chi connectivity index (χ2n) is 4.76. The number of anilines is 1. The predicted octanol–water partition coefficient (Wildman–Crippen LogP) is 1.08. The molecule has 0 atom stereocenters. The summed E-state index contributed by atoms with van der Waals surface area (Å²) in [6.45, 7) is 3.01. The molecule has 1 fully saturated rings. The summed E-state index contributed by atoms with van der Waals surface area (Å²) in [4.78, 5) is 14.1. The normalized spacial score (nSPS) is 15.9. The lowest BCUT2D eigenvalue weighted by Gasteiger charge is -2.27. The molecule has 0 unspecified atom stereocenters. The van der Waals surface area contributed by atoms with E-state index in [0.717, 1.165) is 16.6 Å². The van der Waals surface area contributed by atoms with Crippen LogP contribution in [0.25, 0.3) is 10.9 Å². The molecule has 0 radical (unpaired) electrons. The minimum Gasteiger partial charge on any atom is -0.399 e. The third-order valence-electron chi connectivity index (χ3n) is 3.46. The highest BCUT2D eigenvalue weighted by Crippen LogP contribution is 2.19. The number of ether oxygens (including phenoxy) is 1. The van der Waals surface area contributed by atoms with Crippen LogP contribution in [0.5, 0.6) is 0 Å². The highest BCUT2D eigenvalue weighted by Gasteiger charge is 2.17. The molecule has 5 nitrogen and oxygen atoms in total. The molecule has 1 aliphatic rings. The number of benzene rings is 1. The van der Waals surface area contributed by atoms with Gasteiger partial charge in [0, 0.05) is 35.9 Å². The third kappa shape index (κ3) is 2.42. The fourth-order valence-corrected chi connectivity index (χ4v) is 2.41. The number of hydrogen-bond donors (Lipinski definition) is 1. The first-order chi connectivity index (χ1) is 9.24. The Bertz CT molecular complexity index is 600. The molecule has 0 spiro atoms. The Morgan fingerprint density at radius 2 is 2.05 bits per heavy atom. The molecule has 2 aromatic rings. The fraction of sp³-hybridized carbons (Fsp3) is 0.357. The maximum atomic E-state index is 12.2. The van der Waals surface area contributed by atoms with Gasteiger partial charge in [0.1, 0.15) is 6.54 Å². The van der Waals surface area contributed by atoms with Gasteiger partial charge in [0.2, 0.25) is 5.91 Å². The SMILES string of the molecule is Nc1ccc2c(ccn2CC(=O)N2CCOCC2)c1. The number of rotatable bonds is 2. The second-order valence-corrected chi connectivity index (χ2v) is 4.76. The number of aromatic nitrogens is 1. The van der Waals surface area contributed by atoms with E-state index in [1.165, 1.54) is 0 Å². The van der Waals surface area contributed by atoms with Gasteiger partial charge >= 0.3 is 0 Å². The quantitative estimate of drug-likeness (QED) is 0.821. The number of carbonyl (C=O) groups is 1. The molecule has 2 N–H and O–H groups in total. The highest BCUT2D eigenvalue weighted by atomic mass is 16.5. The summed E-state index contributed by atoms with van der Waals surface area (Å²) in [7, 11) is 0. The van der Waals surface area contributed by atoms with Gasteiger partial charge in [-0.1, -0.05) is 0 Å². The molecule has 0 bridgehead atoms. The summed E-state index contributed by atoms with van der Waals surface area (Å²) in [6.07, 6.45) is 1.93. The number of nitrogens with two attached hydrogens (primary N) is 1. The Balaban J connectivity index is 1.79. The number of amides is 1. The van der Waals surface area contributed by atoms with Crippen molar-refractivity contribution in [1.82, 2.24) is 9.47 Å². The van der Waals surface area contributed by atoms with Crippen LogP contribution in [-0.4, -0.2) is 41.7 Å². The number of hydrogen-bond acceptors (Lipinski definition) is 3. The van der Waals surface area contributed by atoms with E-state index in [4.69, 9.17) is 10.5 Å². The summed E-state index contributed by atoms with van der Waals surface area (Å²) in [5.74, 6) is 0.137. The molecule has 5 heteroatoms. The predicted molar refractivity (Wildman–Crippen MR) is 73.7 cm³/mol. The van der Waals surface area contributed by atoms with Crippen LogP contribution >= 0.6 is 0 Å². The minimum atomic E-state index is 0.137. The van der Waals surface area contributed by atoms with Gasteiger partial charge in [-0.2, -0.15) is 0 Å². The van der Waals surface area contributed by atoms with E-state index in [9.17, 15) is 4.79 Å². The van der Waals surface area contributed by atoms with Crippen molar-refractivity contribution in [3.05, 3.63) is 30.5 Å². The smallest absolute Gasteiger partial charge is 0.242 e.